The van der Waals surface area contributed by atoms with Gasteiger partial charge in [0, 0.05) is 21.5 Å². The molecule has 4 nitrogen and oxygen atoms in total. The van der Waals surface area contributed by atoms with Crippen LogP contribution in [0.2, 0.25) is 0 Å². The van der Waals surface area contributed by atoms with Crippen molar-refractivity contribution in [1.29, 1.82) is 0 Å². The zero-order chi connectivity index (χ0) is 14.6. The lowest BCUT2D eigenvalue weighted by molar-refractivity contribution is 0.602. The molecule has 6 heteroatoms. The molecule has 20 heavy (non-hydrogen) atoms. The fourth-order valence-corrected chi connectivity index (χ4v) is 2.48. The molecule has 2 rings (SSSR count). The van der Waals surface area contributed by atoms with Crippen LogP contribution in [0.3, 0.4) is 0 Å². The number of anilines is 3. The molecule has 0 fully saturated rings. The summed E-state index contributed by atoms with van der Waals surface area (Å²) in [5.41, 5.74) is 2.43. The molecule has 0 radical (unpaired) electrons. The molecular weight excluding hydrogens is 340 g/mol. The molecule has 2 aromatic carbocycles. The van der Waals surface area contributed by atoms with E-state index in [0.717, 1.165) is 15.8 Å². The highest BCUT2D eigenvalue weighted by Crippen LogP contribution is 2.21. The van der Waals surface area contributed by atoms with E-state index in [9.17, 15) is 8.42 Å². The van der Waals surface area contributed by atoms with Gasteiger partial charge >= 0.3 is 0 Å². The van der Waals surface area contributed by atoms with Gasteiger partial charge in [-0.25, -0.2) is 8.42 Å². The number of sulfonamides is 1. The molecule has 0 spiro atoms. The van der Waals surface area contributed by atoms with Gasteiger partial charge in [-0.2, -0.15) is 0 Å². The van der Waals surface area contributed by atoms with E-state index >= 15 is 0 Å². The van der Waals surface area contributed by atoms with Crippen molar-refractivity contribution >= 4 is 43.0 Å². The Morgan fingerprint density at radius 3 is 1.85 bits per heavy atom. The lowest BCUT2D eigenvalue weighted by atomic mass is 10.2. The van der Waals surface area contributed by atoms with Crippen LogP contribution in [0, 0.1) is 0 Å². The predicted molar refractivity (Wildman–Crippen MR) is 87.0 cm³/mol. The van der Waals surface area contributed by atoms with Crippen LogP contribution < -0.4 is 10.0 Å². The third kappa shape index (κ3) is 4.25. The summed E-state index contributed by atoms with van der Waals surface area (Å²) in [6, 6.07) is 14.9. The van der Waals surface area contributed by atoms with Gasteiger partial charge in [0.2, 0.25) is 10.0 Å². The molecule has 0 heterocycles. The maximum absolute atomic E-state index is 11.4. The van der Waals surface area contributed by atoms with Crippen LogP contribution in [0.15, 0.2) is 53.0 Å². The van der Waals surface area contributed by atoms with Gasteiger partial charge in [0.25, 0.3) is 0 Å². The Morgan fingerprint density at radius 1 is 0.900 bits per heavy atom. The number of rotatable bonds is 5. The van der Waals surface area contributed by atoms with Crippen LogP contribution >= 0.6 is 15.9 Å². The Balaban J connectivity index is 2.07. The Bertz CT molecular complexity index is 667. The molecule has 0 atom stereocenters. The van der Waals surface area contributed by atoms with Gasteiger partial charge in [-0.15, -0.1) is 0 Å². The van der Waals surface area contributed by atoms with Gasteiger partial charge < -0.3 is 5.32 Å². The van der Waals surface area contributed by atoms with Crippen molar-refractivity contribution in [2.75, 3.05) is 15.8 Å². The quantitative estimate of drug-likeness (QED) is 0.854. The summed E-state index contributed by atoms with van der Waals surface area (Å²) < 4.78 is 26.4. The average Bonchev–Trinajstić information content (AvgIpc) is 2.43. The summed E-state index contributed by atoms with van der Waals surface area (Å²) in [5.74, 6) is 0.0614. The lowest BCUT2D eigenvalue weighted by Gasteiger charge is -2.09. The highest BCUT2D eigenvalue weighted by atomic mass is 79.9. The van der Waals surface area contributed by atoms with E-state index in [1.165, 1.54) is 0 Å². The fourth-order valence-electron chi connectivity index (χ4n) is 1.57. The van der Waals surface area contributed by atoms with E-state index in [1.54, 1.807) is 19.1 Å². The second-order valence-corrected chi connectivity index (χ2v) is 7.14. The first kappa shape index (κ1) is 14.9. The zero-order valence-electron chi connectivity index (χ0n) is 10.9. The number of nitrogens with one attached hydrogen (secondary N) is 2. The molecule has 0 aliphatic rings. The van der Waals surface area contributed by atoms with Gasteiger partial charge in [-0.1, -0.05) is 15.9 Å². The first-order chi connectivity index (χ1) is 9.48. The lowest BCUT2D eigenvalue weighted by Crippen LogP contribution is -2.14. The molecule has 0 bridgehead atoms. The highest BCUT2D eigenvalue weighted by molar-refractivity contribution is 9.10. The molecular formula is C14H15BrN2O2S. The smallest absolute Gasteiger partial charge is 0.232 e. The average molecular weight is 355 g/mol. The summed E-state index contributed by atoms with van der Waals surface area (Å²) in [7, 11) is -3.22. The molecule has 0 amide bonds. The minimum absolute atomic E-state index is 0.0614. The number of hydrogen-bond acceptors (Lipinski definition) is 3. The molecule has 0 aliphatic heterocycles. The van der Waals surface area contributed by atoms with Gasteiger partial charge in [-0.3, -0.25) is 4.72 Å². The predicted octanol–water partition coefficient (Wildman–Crippen LogP) is 3.95. The Kier molecular flexibility index (Phi) is 4.67. The van der Waals surface area contributed by atoms with Crippen molar-refractivity contribution in [3.63, 3.8) is 0 Å². The summed E-state index contributed by atoms with van der Waals surface area (Å²) in [4.78, 5) is 0. The van der Waals surface area contributed by atoms with Gasteiger partial charge in [0.15, 0.2) is 0 Å². The Labute approximate surface area is 127 Å². The van der Waals surface area contributed by atoms with Crippen molar-refractivity contribution in [3.05, 3.63) is 53.0 Å². The van der Waals surface area contributed by atoms with E-state index in [2.05, 4.69) is 26.0 Å². The van der Waals surface area contributed by atoms with Crippen LogP contribution in [0.4, 0.5) is 17.1 Å². The Morgan fingerprint density at radius 2 is 1.35 bits per heavy atom. The van der Waals surface area contributed by atoms with E-state index in [-0.39, 0.29) is 5.75 Å². The summed E-state index contributed by atoms with van der Waals surface area (Å²) in [6.07, 6.45) is 0. The molecule has 2 N–H and O–H groups in total. The maximum atomic E-state index is 11.4. The van der Waals surface area contributed by atoms with Crippen LogP contribution in [-0.2, 0) is 10.0 Å². The molecule has 0 unspecified atom stereocenters. The SMILES string of the molecule is CCS(=O)(=O)Nc1ccc(Nc2ccc(Br)cc2)cc1. The minimum atomic E-state index is -3.22. The largest absolute Gasteiger partial charge is 0.356 e. The molecule has 0 aliphatic carbocycles. The van der Waals surface area contributed by atoms with Gasteiger partial charge in [-0.05, 0) is 55.5 Å². The van der Waals surface area contributed by atoms with Crippen molar-refractivity contribution in [2.24, 2.45) is 0 Å². The van der Waals surface area contributed by atoms with Gasteiger partial charge in [0.05, 0.1) is 5.75 Å². The summed E-state index contributed by atoms with van der Waals surface area (Å²) in [6.45, 7) is 1.60. The van der Waals surface area contributed by atoms with Crippen LogP contribution in [0.1, 0.15) is 6.92 Å². The maximum Gasteiger partial charge on any atom is 0.232 e. The zero-order valence-corrected chi connectivity index (χ0v) is 13.3. The van der Waals surface area contributed by atoms with Crippen molar-refractivity contribution in [1.82, 2.24) is 0 Å². The third-order valence-corrected chi connectivity index (χ3v) is 4.51. The van der Waals surface area contributed by atoms with Crippen LogP contribution in [0.25, 0.3) is 0 Å². The standard InChI is InChI=1S/C14H15BrN2O2S/c1-2-20(18,19)17-14-9-7-13(8-10-14)16-12-5-3-11(15)4-6-12/h3-10,16-17H,2H2,1H3. The first-order valence-electron chi connectivity index (χ1n) is 6.11. The number of hydrogen-bond donors (Lipinski definition) is 2. The molecule has 0 aromatic heterocycles. The van der Waals surface area contributed by atoms with Crippen molar-refractivity contribution < 1.29 is 8.42 Å². The van der Waals surface area contributed by atoms with E-state index < -0.39 is 10.0 Å². The normalized spacial score (nSPS) is 11.1. The van der Waals surface area contributed by atoms with Crippen LogP contribution in [-0.4, -0.2) is 14.2 Å². The highest BCUT2D eigenvalue weighted by Gasteiger charge is 2.06. The minimum Gasteiger partial charge on any atom is -0.356 e. The molecule has 2 aromatic rings. The number of halogens is 1. The molecule has 0 saturated heterocycles. The third-order valence-electron chi connectivity index (χ3n) is 2.67. The Hall–Kier alpha value is -1.53. The molecule has 106 valence electrons. The van der Waals surface area contributed by atoms with Crippen molar-refractivity contribution in [2.45, 2.75) is 6.92 Å². The van der Waals surface area contributed by atoms with Crippen molar-refractivity contribution in [3.8, 4) is 0 Å². The summed E-state index contributed by atoms with van der Waals surface area (Å²) >= 11 is 3.38. The molecule has 0 saturated carbocycles. The van der Waals surface area contributed by atoms with E-state index in [1.807, 2.05) is 36.4 Å². The second-order valence-electron chi connectivity index (χ2n) is 4.21. The topological polar surface area (TPSA) is 58.2 Å². The van der Waals surface area contributed by atoms with E-state index in [0.29, 0.717) is 5.69 Å². The van der Waals surface area contributed by atoms with E-state index in [4.69, 9.17) is 0 Å². The van der Waals surface area contributed by atoms with Crippen LogP contribution in [0.5, 0.6) is 0 Å². The monoisotopic (exact) mass is 354 g/mol. The first-order valence-corrected chi connectivity index (χ1v) is 8.56. The van der Waals surface area contributed by atoms with Gasteiger partial charge in [0.1, 0.15) is 0 Å². The number of benzene rings is 2. The summed E-state index contributed by atoms with van der Waals surface area (Å²) in [5, 5.41) is 3.24. The fraction of sp³-hybridized carbons (Fsp3) is 0.143. The second kappa shape index (κ2) is 6.28.